The Bertz CT molecular complexity index is 510. The molecular formula is C11H12N2S. The van der Waals surface area contributed by atoms with Gasteiger partial charge in [0, 0.05) is 12.3 Å². The van der Waals surface area contributed by atoms with Gasteiger partial charge in [0.1, 0.15) is 0 Å². The van der Waals surface area contributed by atoms with Crippen molar-refractivity contribution < 1.29 is 0 Å². The number of aromatic nitrogens is 2. The largest absolute Gasteiger partial charge is 0.318 e. The summed E-state index contributed by atoms with van der Waals surface area (Å²) < 4.78 is 2.32. The van der Waals surface area contributed by atoms with Gasteiger partial charge >= 0.3 is 0 Å². The van der Waals surface area contributed by atoms with E-state index in [1.165, 1.54) is 16.3 Å². The molecule has 72 valence electrons. The van der Waals surface area contributed by atoms with E-state index in [0.29, 0.717) is 5.92 Å². The Kier molecular flexibility index (Phi) is 1.80. The van der Waals surface area contributed by atoms with E-state index in [1.54, 1.807) is 0 Å². The molecule has 1 atom stereocenters. The molecule has 0 spiro atoms. The molecule has 3 rings (SSSR count). The summed E-state index contributed by atoms with van der Waals surface area (Å²) in [6.45, 7) is 3.30. The monoisotopic (exact) mass is 204 g/mol. The Hall–Kier alpha value is -0.960. The maximum atomic E-state index is 4.64. The summed E-state index contributed by atoms with van der Waals surface area (Å²) in [5.74, 6) is 1.66. The van der Waals surface area contributed by atoms with Crippen LogP contribution in [0.25, 0.3) is 12.2 Å². The van der Waals surface area contributed by atoms with E-state index in [4.69, 9.17) is 0 Å². The zero-order chi connectivity index (χ0) is 9.54. The van der Waals surface area contributed by atoms with E-state index >= 15 is 0 Å². The van der Waals surface area contributed by atoms with Crippen molar-refractivity contribution in [1.29, 1.82) is 0 Å². The Morgan fingerprint density at radius 2 is 2.50 bits per heavy atom. The lowest BCUT2D eigenvalue weighted by Crippen LogP contribution is -2.29. The molecule has 0 N–H and O–H groups in total. The van der Waals surface area contributed by atoms with E-state index in [-0.39, 0.29) is 0 Å². The Morgan fingerprint density at radius 1 is 1.57 bits per heavy atom. The third-order valence-corrected chi connectivity index (χ3v) is 3.59. The number of imidazole rings is 1. The SMILES string of the molecule is CC1C=CC=c2c(nc3n2CCS3)=C1. The summed E-state index contributed by atoms with van der Waals surface area (Å²) in [6.07, 6.45) is 8.76. The predicted octanol–water partition coefficient (Wildman–Crippen LogP) is 0.756. The molecule has 2 nitrogen and oxygen atoms in total. The Labute approximate surface area is 87.0 Å². The number of nitrogens with zero attached hydrogens (tertiary/aromatic N) is 2. The van der Waals surface area contributed by atoms with Crippen molar-refractivity contribution in [3.63, 3.8) is 0 Å². The molecule has 2 aliphatic rings. The van der Waals surface area contributed by atoms with Crippen LogP contribution < -0.4 is 10.7 Å². The van der Waals surface area contributed by atoms with Gasteiger partial charge in [-0.3, -0.25) is 0 Å². The van der Waals surface area contributed by atoms with E-state index in [9.17, 15) is 0 Å². The van der Waals surface area contributed by atoms with Crippen molar-refractivity contribution in [1.82, 2.24) is 9.55 Å². The number of hydrogen-bond acceptors (Lipinski definition) is 2. The van der Waals surface area contributed by atoms with E-state index in [2.05, 4.69) is 40.8 Å². The second kappa shape index (κ2) is 3.02. The number of allylic oxidation sites excluding steroid dienone is 2. The van der Waals surface area contributed by atoms with Crippen molar-refractivity contribution in [2.24, 2.45) is 5.92 Å². The van der Waals surface area contributed by atoms with Crippen LogP contribution in [0.2, 0.25) is 0 Å². The summed E-state index contributed by atoms with van der Waals surface area (Å²) in [5, 5.41) is 3.63. The Morgan fingerprint density at radius 3 is 3.43 bits per heavy atom. The fourth-order valence-corrected chi connectivity index (χ4v) is 2.91. The van der Waals surface area contributed by atoms with Crippen molar-refractivity contribution in [2.45, 2.75) is 18.6 Å². The lowest BCUT2D eigenvalue weighted by molar-refractivity contribution is 0.700. The van der Waals surface area contributed by atoms with Crippen LogP contribution in [-0.2, 0) is 6.54 Å². The van der Waals surface area contributed by atoms with Crippen molar-refractivity contribution in [3.05, 3.63) is 22.9 Å². The first-order valence-corrected chi connectivity index (χ1v) is 5.93. The van der Waals surface area contributed by atoms with Crippen LogP contribution in [0.4, 0.5) is 0 Å². The van der Waals surface area contributed by atoms with Gasteiger partial charge < -0.3 is 4.57 Å². The van der Waals surface area contributed by atoms with Gasteiger partial charge in [-0.25, -0.2) is 4.98 Å². The fourth-order valence-electron chi connectivity index (χ4n) is 1.94. The maximum absolute atomic E-state index is 4.64. The van der Waals surface area contributed by atoms with Gasteiger partial charge in [0.25, 0.3) is 0 Å². The normalized spacial score (nSPS) is 23.4. The van der Waals surface area contributed by atoms with Crippen LogP contribution in [-0.4, -0.2) is 15.3 Å². The molecule has 0 bridgehead atoms. The van der Waals surface area contributed by atoms with Crippen molar-refractivity contribution in [2.75, 3.05) is 5.75 Å². The third kappa shape index (κ3) is 1.16. The molecule has 0 radical (unpaired) electrons. The summed E-state index contributed by atoms with van der Waals surface area (Å²) in [4.78, 5) is 4.64. The molecule has 1 aliphatic carbocycles. The lowest BCUT2D eigenvalue weighted by Gasteiger charge is -1.91. The maximum Gasteiger partial charge on any atom is 0.169 e. The minimum atomic E-state index is 0.494. The number of rotatable bonds is 0. The van der Waals surface area contributed by atoms with Crippen LogP contribution in [0.1, 0.15) is 6.92 Å². The first-order valence-electron chi connectivity index (χ1n) is 4.94. The number of hydrogen-bond donors (Lipinski definition) is 0. The summed E-state index contributed by atoms with van der Waals surface area (Å²) in [7, 11) is 0. The Balaban J connectivity index is 2.35. The lowest BCUT2D eigenvalue weighted by atomic mass is 10.2. The third-order valence-electron chi connectivity index (χ3n) is 2.64. The minimum absolute atomic E-state index is 0.494. The first kappa shape index (κ1) is 8.36. The van der Waals surface area contributed by atoms with Crippen molar-refractivity contribution in [3.8, 4) is 0 Å². The molecular weight excluding hydrogens is 192 g/mol. The highest BCUT2D eigenvalue weighted by Crippen LogP contribution is 2.19. The van der Waals surface area contributed by atoms with Gasteiger partial charge in [0.05, 0.1) is 10.7 Å². The average Bonchev–Trinajstić information content (AvgIpc) is 2.64. The number of fused-ring (bicyclic) bond motifs is 3. The summed E-state index contributed by atoms with van der Waals surface area (Å²) in [6, 6.07) is 0. The zero-order valence-corrected chi connectivity index (χ0v) is 8.92. The quantitative estimate of drug-likeness (QED) is 0.621. The second-order valence-corrected chi connectivity index (χ2v) is 4.80. The van der Waals surface area contributed by atoms with Crippen LogP contribution >= 0.6 is 11.8 Å². The van der Waals surface area contributed by atoms with E-state index < -0.39 is 0 Å². The second-order valence-electron chi connectivity index (χ2n) is 3.74. The van der Waals surface area contributed by atoms with E-state index in [1.807, 2.05) is 11.8 Å². The minimum Gasteiger partial charge on any atom is -0.318 e. The molecule has 1 unspecified atom stereocenters. The average molecular weight is 204 g/mol. The standard InChI is InChI=1S/C11H12N2S/c1-8-3-2-4-10-9(7-8)12-11-13(10)5-6-14-11/h2-4,7-8H,5-6H2,1H3. The molecule has 2 heterocycles. The molecule has 1 aliphatic heterocycles. The number of thioether (sulfide) groups is 1. The van der Waals surface area contributed by atoms with Crippen LogP contribution in [0.5, 0.6) is 0 Å². The summed E-state index contributed by atoms with van der Waals surface area (Å²) >= 11 is 1.86. The molecule has 0 saturated heterocycles. The molecule has 3 heteroatoms. The molecule has 1 aromatic heterocycles. The molecule has 1 aromatic rings. The topological polar surface area (TPSA) is 17.8 Å². The van der Waals surface area contributed by atoms with Gasteiger partial charge in [0.2, 0.25) is 0 Å². The highest BCUT2D eigenvalue weighted by molar-refractivity contribution is 7.99. The van der Waals surface area contributed by atoms with Gasteiger partial charge in [-0.05, 0) is 18.1 Å². The van der Waals surface area contributed by atoms with Crippen LogP contribution in [0.3, 0.4) is 0 Å². The molecule has 14 heavy (non-hydrogen) atoms. The highest BCUT2D eigenvalue weighted by Gasteiger charge is 2.14. The van der Waals surface area contributed by atoms with Gasteiger partial charge in [-0.15, -0.1) is 0 Å². The van der Waals surface area contributed by atoms with Crippen LogP contribution in [0, 0.1) is 5.92 Å². The first-order chi connectivity index (χ1) is 6.84. The molecule has 0 fully saturated rings. The van der Waals surface area contributed by atoms with Crippen LogP contribution in [0.15, 0.2) is 17.3 Å². The predicted molar refractivity (Wildman–Crippen MR) is 59.4 cm³/mol. The van der Waals surface area contributed by atoms with Gasteiger partial charge in [-0.1, -0.05) is 30.8 Å². The summed E-state index contributed by atoms with van der Waals surface area (Å²) in [5.41, 5.74) is 0. The van der Waals surface area contributed by atoms with E-state index in [0.717, 1.165) is 11.9 Å². The van der Waals surface area contributed by atoms with Gasteiger partial charge in [-0.2, -0.15) is 0 Å². The zero-order valence-electron chi connectivity index (χ0n) is 8.10. The molecule has 0 saturated carbocycles. The smallest absolute Gasteiger partial charge is 0.169 e. The van der Waals surface area contributed by atoms with Gasteiger partial charge in [0.15, 0.2) is 5.16 Å². The molecule has 0 aromatic carbocycles. The highest BCUT2D eigenvalue weighted by atomic mass is 32.2. The molecule has 0 amide bonds. The van der Waals surface area contributed by atoms with Crippen molar-refractivity contribution >= 4 is 23.9 Å². The fraction of sp³-hybridized carbons (Fsp3) is 0.364.